The Bertz CT molecular complexity index is 483. The maximum Gasteiger partial charge on any atom is 0.246 e. The van der Waals surface area contributed by atoms with Crippen molar-refractivity contribution >= 4 is 11.8 Å². The Morgan fingerprint density at radius 3 is 2.89 bits per heavy atom. The molecule has 2 aliphatic heterocycles. The van der Waals surface area contributed by atoms with Crippen molar-refractivity contribution in [2.45, 2.75) is 44.8 Å². The fourth-order valence-corrected chi connectivity index (χ4v) is 2.99. The predicted octanol–water partition coefficient (Wildman–Crippen LogP) is 1.39. The molecular weight excluding hydrogens is 244 g/mol. The molecule has 2 amide bonds. The van der Waals surface area contributed by atoms with Crippen molar-refractivity contribution in [1.29, 1.82) is 0 Å². The molecule has 5 nitrogen and oxygen atoms in total. The van der Waals surface area contributed by atoms with Crippen LogP contribution in [0.15, 0.2) is 22.8 Å². The Labute approximate surface area is 112 Å². The van der Waals surface area contributed by atoms with Gasteiger partial charge < -0.3 is 14.2 Å². The van der Waals surface area contributed by atoms with E-state index in [0.717, 1.165) is 25.0 Å². The van der Waals surface area contributed by atoms with E-state index < -0.39 is 6.04 Å². The first-order valence-corrected chi connectivity index (χ1v) is 6.82. The smallest absolute Gasteiger partial charge is 0.246 e. The Hall–Kier alpha value is -1.78. The van der Waals surface area contributed by atoms with Crippen LogP contribution < -0.4 is 0 Å². The van der Waals surface area contributed by atoms with Crippen molar-refractivity contribution in [3.05, 3.63) is 24.2 Å². The summed E-state index contributed by atoms with van der Waals surface area (Å²) < 4.78 is 5.29. The molecule has 0 aliphatic carbocycles. The zero-order valence-corrected chi connectivity index (χ0v) is 11.0. The third-order valence-electron chi connectivity index (χ3n) is 4.09. The first-order chi connectivity index (χ1) is 9.18. The lowest BCUT2D eigenvalue weighted by molar-refractivity contribution is -0.163. The SMILES string of the molecule is CC1C(=O)N2CCCCC2C(=O)N1Cc1ccco1. The first-order valence-electron chi connectivity index (χ1n) is 6.82. The molecule has 0 N–H and O–H groups in total. The number of hydrogen-bond donors (Lipinski definition) is 0. The van der Waals surface area contributed by atoms with Gasteiger partial charge in [-0.25, -0.2) is 0 Å². The van der Waals surface area contributed by atoms with E-state index in [1.54, 1.807) is 29.1 Å². The van der Waals surface area contributed by atoms with Crippen LogP contribution in [0.5, 0.6) is 0 Å². The van der Waals surface area contributed by atoms with Crippen LogP contribution in [0.1, 0.15) is 31.9 Å². The Balaban J connectivity index is 1.83. The number of piperazine rings is 1. The van der Waals surface area contributed by atoms with Crippen LogP contribution >= 0.6 is 0 Å². The van der Waals surface area contributed by atoms with Crippen molar-refractivity contribution in [1.82, 2.24) is 9.80 Å². The van der Waals surface area contributed by atoms with Gasteiger partial charge in [-0.3, -0.25) is 9.59 Å². The summed E-state index contributed by atoms with van der Waals surface area (Å²) in [4.78, 5) is 28.3. The van der Waals surface area contributed by atoms with Gasteiger partial charge >= 0.3 is 0 Å². The summed E-state index contributed by atoms with van der Waals surface area (Å²) in [5, 5.41) is 0. The molecule has 2 saturated heterocycles. The van der Waals surface area contributed by atoms with E-state index in [4.69, 9.17) is 4.42 Å². The molecule has 2 unspecified atom stereocenters. The summed E-state index contributed by atoms with van der Waals surface area (Å²) >= 11 is 0. The summed E-state index contributed by atoms with van der Waals surface area (Å²) in [6.07, 6.45) is 4.39. The molecule has 0 bridgehead atoms. The van der Waals surface area contributed by atoms with E-state index in [2.05, 4.69) is 0 Å². The summed E-state index contributed by atoms with van der Waals surface area (Å²) in [7, 11) is 0. The maximum absolute atomic E-state index is 12.5. The van der Waals surface area contributed by atoms with Crippen LogP contribution in [0.2, 0.25) is 0 Å². The summed E-state index contributed by atoms with van der Waals surface area (Å²) in [5.74, 6) is 0.844. The lowest BCUT2D eigenvalue weighted by Gasteiger charge is -2.45. The van der Waals surface area contributed by atoms with Crippen molar-refractivity contribution in [3.63, 3.8) is 0 Å². The number of piperidine rings is 1. The second-order valence-electron chi connectivity index (χ2n) is 5.26. The third kappa shape index (κ3) is 2.03. The average molecular weight is 262 g/mol. The Morgan fingerprint density at radius 1 is 1.32 bits per heavy atom. The number of nitrogens with zero attached hydrogens (tertiary/aromatic N) is 2. The highest BCUT2D eigenvalue weighted by Crippen LogP contribution is 2.27. The number of amides is 2. The Morgan fingerprint density at radius 2 is 2.16 bits per heavy atom. The molecule has 102 valence electrons. The van der Waals surface area contributed by atoms with Gasteiger partial charge in [-0.2, -0.15) is 0 Å². The van der Waals surface area contributed by atoms with Gasteiger partial charge in [0, 0.05) is 6.54 Å². The van der Waals surface area contributed by atoms with Crippen molar-refractivity contribution in [2.75, 3.05) is 6.54 Å². The van der Waals surface area contributed by atoms with Gasteiger partial charge in [0.2, 0.25) is 11.8 Å². The van der Waals surface area contributed by atoms with Crippen LogP contribution in [0.3, 0.4) is 0 Å². The van der Waals surface area contributed by atoms with Crippen molar-refractivity contribution < 1.29 is 14.0 Å². The summed E-state index contributed by atoms with van der Waals surface area (Å²) in [6, 6.07) is 2.97. The molecule has 2 fully saturated rings. The number of carbonyl (C=O) groups is 2. The molecule has 3 heterocycles. The van der Waals surface area contributed by atoms with Gasteiger partial charge in [0.15, 0.2) is 0 Å². The lowest BCUT2D eigenvalue weighted by Crippen LogP contribution is -2.64. The van der Waals surface area contributed by atoms with Crippen LogP contribution in [-0.4, -0.2) is 40.2 Å². The largest absolute Gasteiger partial charge is 0.467 e. The minimum Gasteiger partial charge on any atom is -0.467 e. The van der Waals surface area contributed by atoms with Gasteiger partial charge in [0.1, 0.15) is 17.8 Å². The molecule has 0 spiro atoms. The Kier molecular flexibility index (Phi) is 3.05. The first kappa shape index (κ1) is 12.3. The maximum atomic E-state index is 12.5. The van der Waals surface area contributed by atoms with E-state index in [-0.39, 0.29) is 17.9 Å². The van der Waals surface area contributed by atoms with Crippen molar-refractivity contribution in [3.8, 4) is 0 Å². The zero-order chi connectivity index (χ0) is 13.4. The minimum absolute atomic E-state index is 0.0585. The topological polar surface area (TPSA) is 53.8 Å². The van der Waals surface area contributed by atoms with Gasteiger partial charge in [-0.05, 0) is 38.3 Å². The zero-order valence-electron chi connectivity index (χ0n) is 11.0. The van der Waals surface area contributed by atoms with E-state index >= 15 is 0 Å². The predicted molar refractivity (Wildman–Crippen MR) is 68.1 cm³/mol. The molecular formula is C14H18N2O3. The number of hydrogen-bond acceptors (Lipinski definition) is 3. The standard InChI is InChI=1S/C14H18N2O3/c1-10-13(17)15-7-3-2-6-12(15)14(18)16(10)9-11-5-4-8-19-11/h4-5,8,10,12H,2-3,6-7,9H2,1H3. The second-order valence-corrected chi connectivity index (χ2v) is 5.26. The normalized spacial score (nSPS) is 27.6. The van der Waals surface area contributed by atoms with Crippen molar-refractivity contribution in [2.24, 2.45) is 0 Å². The lowest BCUT2D eigenvalue weighted by atomic mass is 9.95. The van der Waals surface area contributed by atoms with Crippen LogP contribution in [-0.2, 0) is 16.1 Å². The van der Waals surface area contributed by atoms with Gasteiger partial charge in [-0.15, -0.1) is 0 Å². The molecule has 3 rings (SSSR count). The third-order valence-corrected chi connectivity index (χ3v) is 4.09. The molecule has 1 aromatic heterocycles. The highest BCUT2D eigenvalue weighted by Gasteiger charge is 2.44. The van der Waals surface area contributed by atoms with Crippen LogP contribution in [0.25, 0.3) is 0 Å². The minimum atomic E-state index is -0.396. The highest BCUT2D eigenvalue weighted by atomic mass is 16.3. The molecule has 2 atom stereocenters. The van der Waals surface area contributed by atoms with E-state index in [0.29, 0.717) is 13.1 Å². The number of fused-ring (bicyclic) bond motifs is 1. The summed E-state index contributed by atoms with van der Waals surface area (Å²) in [5.41, 5.74) is 0. The fourth-order valence-electron chi connectivity index (χ4n) is 2.99. The van der Waals surface area contributed by atoms with Gasteiger partial charge in [-0.1, -0.05) is 0 Å². The molecule has 2 aliphatic rings. The van der Waals surface area contributed by atoms with E-state index in [1.807, 2.05) is 6.07 Å². The van der Waals surface area contributed by atoms with Crippen LogP contribution in [0.4, 0.5) is 0 Å². The van der Waals surface area contributed by atoms with Gasteiger partial charge in [0.25, 0.3) is 0 Å². The van der Waals surface area contributed by atoms with Gasteiger partial charge in [0.05, 0.1) is 12.8 Å². The summed E-state index contributed by atoms with van der Waals surface area (Å²) in [6.45, 7) is 2.89. The molecule has 5 heteroatoms. The molecule has 1 aromatic rings. The fraction of sp³-hybridized carbons (Fsp3) is 0.571. The molecule has 0 aromatic carbocycles. The monoisotopic (exact) mass is 262 g/mol. The molecule has 19 heavy (non-hydrogen) atoms. The number of furan rings is 1. The molecule has 0 radical (unpaired) electrons. The number of carbonyl (C=O) groups excluding carboxylic acids is 2. The quantitative estimate of drug-likeness (QED) is 0.809. The molecule has 0 saturated carbocycles. The van der Waals surface area contributed by atoms with E-state index in [1.165, 1.54) is 0 Å². The highest BCUT2D eigenvalue weighted by molar-refractivity contribution is 5.96. The average Bonchev–Trinajstić information content (AvgIpc) is 2.94. The van der Waals surface area contributed by atoms with E-state index in [9.17, 15) is 9.59 Å². The second kappa shape index (κ2) is 4.72. The van der Waals surface area contributed by atoms with Crippen LogP contribution in [0, 0.1) is 0 Å². The number of rotatable bonds is 2.